The van der Waals surface area contributed by atoms with E-state index >= 15 is 0 Å². The third-order valence-electron chi connectivity index (χ3n) is 21.5. The Morgan fingerprint density at radius 2 is 0.564 bits per heavy atom. The fourth-order valence-electron chi connectivity index (χ4n) is 17.5. The maximum absolute atomic E-state index is 2.55. The summed E-state index contributed by atoms with van der Waals surface area (Å²) in [5.74, 6) is 0. The number of para-hydroxylation sites is 2. The second-order valence-electron chi connectivity index (χ2n) is 26.1. The molecule has 0 amide bonds. The summed E-state index contributed by atoms with van der Waals surface area (Å²) in [6.07, 6.45) is 0. The van der Waals surface area contributed by atoms with E-state index in [2.05, 4.69) is 325 Å². The van der Waals surface area contributed by atoms with Gasteiger partial charge in [0.25, 0.3) is 0 Å². The quantitative estimate of drug-likeness (QED) is 0.152. The molecule has 0 bridgehead atoms. The first-order valence-electron chi connectivity index (χ1n) is 32.8. The molecule has 2 aromatic heterocycles. The molecule has 2 nitrogen and oxygen atoms in total. The van der Waals surface area contributed by atoms with Crippen LogP contribution in [-0.4, -0.2) is 9.13 Å². The number of rotatable bonds is 5. The second kappa shape index (κ2) is 18.6. The lowest BCUT2D eigenvalue weighted by molar-refractivity contribution is 1.19. The SMILES string of the molecule is c1cc2c3c(cccc3c1)-c1cc(-c3ccc(-n4c5ccccc5c5c6ccc7cc(-c8ccc(-n9c%10ccccc%10c%10c%11ccc%12ccccc%12c%11c%11ccccc%11c%109)cc8-c8ccc9c(c8)-c8cccc%10cccc-9c8%10)ccc7c6c6ccccc6c54)cc3)ccc1-2. The van der Waals surface area contributed by atoms with Crippen LogP contribution < -0.4 is 0 Å². The lowest BCUT2D eigenvalue weighted by atomic mass is 9.89. The van der Waals surface area contributed by atoms with Crippen molar-refractivity contribution < 1.29 is 0 Å². The molecule has 94 heavy (non-hydrogen) atoms. The van der Waals surface area contributed by atoms with Crippen LogP contribution >= 0.6 is 0 Å². The fraction of sp³-hybridized carbons (Fsp3) is 0. The van der Waals surface area contributed by atoms with E-state index in [0.717, 1.165) is 11.4 Å². The number of nitrogens with zero attached hydrogens (tertiary/aromatic N) is 2. The van der Waals surface area contributed by atoms with Crippen molar-refractivity contribution in [3.8, 4) is 89.3 Å². The average Bonchev–Trinajstić information content (AvgIpc) is 1.48. The van der Waals surface area contributed by atoms with E-state index < -0.39 is 0 Å². The first-order chi connectivity index (χ1) is 46.6. The summed E-state index contributed by atoms with van der Waals surface area (Å²) in [6, 6.07) is 119. The molecule has 430 valence electrons. The summed E-state index contributed by atoms with van der Waals surface area (Å²) in [7, 11) is 0. The van der Waals surface area contributed by atoms with Crippen molar-refractivity contribution >= 4 is 130 Å². The van der Waals surface area contributed by atoms with E-state index in [4.69, 9.17) is 0 Å². The molecule has 0 aliphatic heterocycles. The van der Waals surface area contributed by atoms with Gasteiger partial charge in [0, 0.05) is 43.7 Å². The van der Waals surface area contributed by atoms with Crippen molar-refractivity contribution in [2.45, 2.75) is 0 Å². The zero-order chi connectivity index (χ0) is 61.0. The highest BCUT2D eigenvalue weighted by Gasteiger charge is 2.27. The van der Waals surface area contributed by atoms with E-state index in [1.165, 1.54) is 208 Å². The van der Waals surface area contributed by atoms with Gasteiger partial charge in [-0.3, -0.25) is 0 Å². The molecule has 0 spiro atoms. The van der Waals surface area contributed by atoms with Crippen molar-refractivity contribution in [3.05, 3.63) is 315 Å². The Kier molecular flexibility index (Phi) is 9.99. The highest BCUT2D eigenvalue weighted by Crippen LogP contribution is 2.53. The van der Waals surface area contributed by atoms with Gasteiger partial charge in [-0.05, 0) is 208 Å². The number of hydrogen-bond donors (Lipinski definition) is 0. The van der Waals surface area contributed by atoms with Gasteiger partial charge in [-0.15, -0.1) is 0 Å². The Morgan fingerprint density at radius 1 is 0.160 bits per heavy atom. The minimum absolute atomic E-state index is 1.13. The maximum atomic E-state index is 2.55. The molecule has 2 heteroatoms. The predicted octanol–water partition coefficient (Wildman–Crippen LogP) is 25.4. The molecule has 0 radical (unpaired) electrons. The van der Waals surface area contributed by atoms with Crippen LogP contribution in [0.25, 0.3) is 219 Å². The van der Waals surface area contributed by atoms with Gasteiger partial charge in [-0.2, -0.15) is 0 Å². The molecule has 0 saturated heterocycles. The Bertz CT molecular complexity index is 6820. The van der Waals surface area contributed by atoms with Gasteiger partial charge in [-0.1, -0.05) is 261 Å². The molecule has 2 aliphatic rings. The number of fused-ring (bicyclic) bond motifs is 26. The first-order valence-corrected chi connectivity index (χ1v) is 32.8. The van der Waals surface area contributed by atoms with Gasteiger partial charge in [-0.25, -0.2) is 0 Å². The smallest absolute Gasteiger partial charge is 0.0625 e. The van der Waals surface area contributed by atoms with E-state index in [1.807, 2.05) is 0 Å². The van der Waals surface area contributed by atoms with Crippen molar-refractivity contribution in [1.82, 2.24) is 9.13 Å². The van der Waals surface area contributed by atoms with Gasteiger partial charge in [0.2, 0.25) is 0 Å². The van der Waals surface area contributed by atoms with Crippen LogP contribution in [0.5, 0.6) is 0 Å². The Hall–Kier alpha value is -12.4. The van der Waals surface area contributed by atoms with Crippen molar-refractivity contribution in [1.29, 1.82) is 0 Å². The summed E-state index contributed by atoms with van der Waals surface area (Å²) < 4.78 is 5.07. The molecule has 22 rings (SSSR count). The summed E-state index contributed by atoms with van der Waals surface area (Å²) in [4.78, 5) is 0. The molecular formula is C92H52N2. The van der Waals surface area contributed by atoms with Crippen molar-refractivity contribution in [2.75, 3.05) is 0 Å². The fourth-order valence-corrected chi connectivity index (χ4v) is 17.5. The maximum Gasteiger partial charge on any atom is 0.0625 e. The molecule has 0 fully saturated rings. The van der Waals surface area contributed by atoms with Gasteiger partial charge in [0.05, 0.1) is 22.1 Å². The molecule has 0 saturated carbocycles. The highest BCUT2D eigenvalue weighted by molar-refractivity contribution is 6.38. The van der Waals surface area contributed by atoms with E-state index in [0.29, 0.717) is 0 Å². The normalized spacial score (nSPS) is 12.5. The molecule has 0 atom stereocenters. The molecular weight excluding hydrogens is 1130 g/mol. The zero-order valence-electron chi connectivity index (χ0n) is 50.9. The molecule has 2 aliphatic carbocycles. The van der Waals surface area contributed by atoms with Gasteiger partial charge >= 0.3 is 0 Å². The van der Waals surface area contributed by atoms with Crippen LogP contribution in [0, 0.1) is 0 Å². The number of hydrogen-bond acceptors (Lipinski definition) is 0. The summed E-state index contributed by atoms with van der Waals surface area (Å²) in [5, 5.41) is 25.4. The molecule has 0 N–H and O–H groups in total. The standard InChI is InChI=1S/C92H52N2/c1-2-20-64-54(15-1)35-46-78-87(64)70-21-3-6-24-75(70)92-90(78)77-26-8-10-32-84(77)94(92)62-42-48-63(80(52-62)60-38-45-67-69-28-12-17-56-19-14-30-73(86(56)69)82(67)51-60)58-37-43-65-59(49-58)39-47-79-88(65)71-22-4-5-23-74(71)91-89(79)76-25-7-9-31-83(76)93(91)61-40-33-53(34-41-61)57-36-44-66-68-27-11-16-55-18-13-29-72(85(55)68)81(66)50-57/h1-52H. The topological polar surface area (TPSA) is 9.86 Å². The highest BCUT2D eigenvalue weighted by atomic mass is 15.0. The van der Waals surface area contributed by atoms with E-state index in [-0.39, 0.29) is 0 Å². The average molecular weight is 1190 g/mol. The van der Waals surface area contributed by atoms with E-state index in [1.54, 1.807) is 0 Å². The largest absolute Gasteiger partial charge is 0.309 e. The third kappa shape index (κ3) is 6.72. The molecule has 18 aromatic carbocycles. The minimum atomic E-state index is 1.13. The molecule has 2 heterocycles. The monoisotopic (exact) mass is 1180 g/mol. The summed E-state index contributed by atoms with van der Waals surface area (Å²) in [5.41, 5.74) is 24.7. The Labute approximate surface area is 540 Å². The van der Waals surface area contributed by atoms with Crippen molar-refractivity contribution in [2.24, 2.45) is 0 Å². The first kappa shape index (κ1) is 50.4. The van der Waals surface area contributed by atoms with Gasteiger partial charge < -0.3 is 9.13 Å². The summed E-state index contributed by atoms with van der Waals surface area (Å²) in [6.45, 7) is 0. The Balaban J connectivity index is 0.732. The number of benzene rings is 18. The van der Waals surface area contributed by atoms with E-state index in [9.17, 15) is 0 Å². The molecule has 0 unspecified atom stereocenters. The van der Waals surface area contributed by atoms with Gasteiger partial charge in [0.15, 0.2) is 0 Å². The van der Waals surface area contributed by atoms with Crippen LogP contribution in [0.1, 0.15) is 0 Å². The van der Waals surface area contributed by atoms with Crippen LogP contribution in [0.3, 0.4) is 0 Å². The van der Waals surface area contributed by atoms with Crippen LogP contribution in [0.15, 0.2) is 315 Å². The zero-order valence-corrected chi connectivity index (χ0v) is 50.9. The third-order valence-corrected chi connectivity index (χ3v) is 21.5. The second-order valence-corrected chi connectivity index (χ2v) is 26.1. The minimum Gasteiger partial charge on any atom is -0.309 e. The van der Waals surface area contributed by atoms with Gasteiger partial charge in [0.1, 0.15) is 0 Å². The van der Waals surface area contributed by atoms with Crippen LogP contribution in [0.4, 0.5) is 0 Å². The van der Waals surface area contributed by atoms with Crippen LogP contribution in [0.2, 0.25) is 0 Å². The predicted molar refractivity (Wildman–Crippen MR) is 400 cm³/mol. The van der Waals surface area contributed by atoms with Crippen molar-refractivity contribution in [3.63, 3.8) is 0 Å². The Morgan fingerprint density at radius 3 is 1.16 bits per heavy atom. The lowest BCUT2D eigenvalue weighted by Gasteiger charge is -2.18. The molecule has 20 aromatic rings. The summed E-state index contributed by atoms with van der Waals surface area (Å²) >= 11 is 0. The van der Waals surface area contributed by atoms with Crippen LogP contribution in [-0.2, 0) is 0 Å². The lowest BCUT2D eigenvalue weighted by Crippen LogP contribution is -1.97. The number of aromatic nitrogens is 2.